The van der Waals surface area contributed by atoms with Crippen LogP contribution in [0, 0.1) is 15.5 Å². The van der Waals surface area contributed by atoms with E-state index in [1.165, 1.54) is 12.1 Å². The maximum Gasteiger partial charge on any atom is 0.269 e. The first-order chi connectivity index (χ1) is 5.61. The average Bonchev–Trinajstić information content (AvgIpc) is 2.04. The van der Waals surface area contributed by atoms with Crippen LogP contribution in [0.3, 0.4) is 0 Å². The highest BCUT2D eigenvalue weighted by Gasteiger charge is 2.03. The van der Waals surface area contributed by atoms with Crippen molar-refractivity contribution in [3.8, 4) is 0 Å². The molecule has 0 aromatic heterocycles. The molecule has 0 spiro atoms. The van der Waals surface area contributed by atoms with E-state index in [0.29, 0.717) is 11.3 Å². The Morgan fingerprint density at radius 1 is 1.42 bits per heavy atom. The molecule has 0 unspecified atom stereocenters. The molecule has 0 atom stereocenters. The van der Waals surface area contributed by atoms with Crippen molar-refractivity contribution in [1.29, 1.82) is 5.41 Å². The number of hydrogen-bond donors (Lipinski definition) is 1. The topological polar surface area (TPSA) is 67.0 Å². The van der Waals surface area contributed by atoms with Crippen molar-refractivity contribution < 1.29 is 4.92 Å². The van der Waals surface area contributed by atoms with Gasteiger partial charge in [-0.2, -0.15) is 0 Å². The molecular weight excluding hydrogens is 157 g/mol. The van der Waals surface area contributed by atoms with Gasteiger partial charge in [-0.15, -0.1) is 0 Å². The fourth-order valence-corrected chi connectivity index (χ4v) is 0.833. The molecule has 0 heterocycles. The SMILES string of the molecule is CC(=[15NH])c1ccc([N+](=O)[O-])cc1. The van der Waals surface area contributed by atoms with Crippen LogP contribution in [0.2, 0.25) is 0 Å². The highest BCUT2D eigenvalue weighted by atomic mass is 16.6. The number of benzene rings is 1. The maximum absolute atomic E-state index is 10.2. The third kappa shape index (κ3) is 1.66. The number of non-ortho nitro benzene ring substituents is 1. The molecule has 12 heavy (non-hydrogen) atoms. The van der Waals surface area contributed by atoms with E-state index in [4.69, 9.17) is 5.41 Å². The van der Waals surface area contributed by atoms with Gasteiger partial charge in [0.15, 0.2) is 0 Å². The predicted octanol–water partition coefficient (Wildman–Crippen LogP) is 1.98. The van der Waals surface area contributed by atoms with Crippen LogP contribution in [-0.4, -0.2) is 10.6 Å². The quantitative estimate of drug-likeness (QED) is 0.315. The van der Waals surface area contributed by atoms with E-state index in [2.05, 4.69) is 0 Å². The summed E-state index contributed by atoms with van der Waals surface area (Å²) in [5.41, 5.74) is 1.17. The number of nitro benzene ring substituents is 1. The summed E-state index contributed by atoms with van der Waals surface area (Å²) >= 11 is 0. The molecule has 0 saturated carbocycles. The lowest BCUT2D eigenvalue weighted by Gasteiger charge is -1.95. The number of hydrogen-bond acceptors (Lipinski definition) is 3. The first kappa shape index (κ1) is 8.39. The monoisotopic (exact) mass is 165 g/mol. The Morgan fingerprint density at radius 2 is 1.92 bits per heavy atom. The largest absolute Gasteiger partial charge is 0.305 e. The smallest absolute Gasteiger partial charge is 0.269 e. The van der Waals surface area contributed by atoms with Crippen molar-refractivity contribution in [2.45, 2.75) is 6.92 Å². The third-order valence-electron chi connectivity index (χ3n) is 1.51. The van der Waals surface area contributed by atoms with Gasteiger partial charge in [-0.05, 0) is 24.6 Å². The zero-order valence-electron chi connectivity index (χ0n) is 6.57. The summed E-state index contributed by atoms with van der Waals surface area (Å²) in [5.74, 6) is 0. The lowest BCUT2D eigenvalue weighted by atomic mass is 10.1. The van der Waals surface area contributed by atoms with Crippen LogP contribution in [0.1, 0.15) is 12.5 Å². The van der Waals surface area contributed by atoms with E-state index in [-0.39, 0.29) is 5.69 Å². The van der Waals surface area contributed by atoms with Crippen LogP contribution < -0.4 is 0 Å². The molecular formula is C8H8N2O2. The Hall–Kier alpha value is -1.71. The van der Waals surface area contributed by atoms with E-state index in [0.717, 1.165) is 0 Å². The van der Waals surface area contributed by atoms with Gasteiger partial charge < -0.3 is 5.41 Å². The fourth-order valence-electron chi connectivity index (χ4n) is 0.833. The second-order valence-electron chi connectivity index (χ2n) is 2.43. The number of rotatable bonds is 2. The van der Waals surface area contributed by atoms with E-state index < -0.39 is 4.92 Å². The molecule has 0 amide bonds. The Bertz CT molecular complexity index is 283. The Kier molecular flexibility index (Phi) is 2.19. The van der Waals surface area contributed by atoms with Crippen molar-refractivity contribution in [1.82, 2.24) is 0 Å². The van der Waals surface area contributed by atoms with Gasteiger partial charge in [-0.3, -0.25) is 10.1 Å². The molecule has 0 radical (unpaired) electrons. The van der Waals surface area contributed by atoms with Crippen molar-refractivity contribution in [3.63, 3.8) is 0 Å². The number of nitrogens with one attached hydrogen (secondary N) is 1. The average molecular weight is 165 g/mol. The fraction of sp³-hybridized carbons (Fsp3) is 0.125. The molecule has 62 valence electrons. The molecule has 1 aromatic rings. The van der Waals surface area contributed by atoms with Gasteiger partial charge in [0.25, 0.3) is 5.69 Å². The molecule has 4 heteroatoms. The third-order valence-corrected chi connectivity index (χ3v) is 1.51. The molecule has 1 aromatic carbocycles. The van der Waals surface area contributed by atoms with Crippen LogP contribution in [0.15, 0.2) is 24.3 Å². The van der Waals surface area contributed by atoms with Gasteiger partial charge in [-0.1, -0.05) is 0 Å². The normalized spacial score (nSPS) is 9.42. The van der Waals surface area contributed by atoms with Crippen LogP contribution in [0.25, 0.3) is 0 Å². The minimum atomic E-state index is -0.455. The van der Waals surface area contributed by atoms with Gasteiger partial charge in [0, 0.05) is 17.8 Å². The Morgan fingerprint density at radius 3 is 2.25 bits per heavy atom. The number of nitrogens with zero attached hydrogens (tertiary/aromatic N) is 1. The summed E-state index contributed by atoms with van der Waals surface area (Å²) in [6.45, 7) is 1.64. The van der Waals surface area contributed by atoms with Crippen molar-refractivity contribution >= 4 is 11.4 Å². The highest BCUT2D eigenvalue weighted by molar-refractivity contribution is 5.96. The minimum Gasteiger partial charge on any atom is -0.305 e. The maximum atomic E-state index is 10.2. The lowest BCUT2D eigenvalue weighted by Crippen LogP contribution is -1.92. The van der Waals surface area contributed by atoms with Gasteiger partial charge in [0.2, 0.25) is 0 Å². The molecule has 4 nitrogen and oxygen atoms in total. The van der Waals surface area contributed by atoms with E-state index in [1.807, 2.05) is 0 Å². The van der Waals surface area contributed by atoms with Gasteiger partial charge >= 0.3 is 0 Å². The molecule has 0 aliphatic carbocycles. The molecule has 1 rings (SSSR count). The standard InChI is InChI=1S/C8H8N2O2/c1-6(9)7-2-4-8(5-3-7)10(11)12/h2-5,9H,1H3/i9+1. The summed E-state index contributed by atoms with van der Waals surface area (Å²) in [7, 11) is 0. The molecule has 0 aliphatic heterocycles. The van der Waals surface area contributed by atoms with Crippen LogP contribution in [0.5, 0.6) is 0 Å². The summed E-state index contributed by atoms with van der Waals surface area (Å²) in [6, 6.07) is 5.93. The van der Waals surface area contributed by atoms with Gasteiger partial charge in [0.05, 0.1) is 4.92 Å². The highest BCUT2D eigenvalue weighted by Crippen LogP contribution is 2.11. The zero-order valence-corrected chi connectivity index (χ0v) is 6.57. The summed E-state index contributed by atoms with van der Waals surface area (Å²) < 4.78 is 0. The van der Waals surface area contributed by atoms with Crippen molar-refractivity contribution in [2.75, 3.05) is 0 Å². The van der Waals surface area contributed by atoms with Crippen molar-refractivity contribution in [2.24, 2.45) is 0 Å². The Balaban J connectivity index is 3.01. The molecule has 0 fully saturated rings. The van der Waals surface area contributed by atoms with Crippen LogP contribution in [0.4, 0.5) is 5.69 Å². The van der Waals surface area contributed by atoms with E-state index >= 15 is 0 Å². The van der Waals surface area contributed by atoms with E-state index in [1.54, 1.807) is 19.1 Å². The molecule has 0 bridgehead atoms. The van der Waals surface area contributed by atoms with Gasteiger partial charge in [-0.25, -0.2) is 0 Å². The molecule has 1 N–H and O–H groups in total. The van der Waals surface area contributed by atoms with E-state index in [9.17, 15) is 10.1 Å². The minimum absolute atomic E-state index is 0.0556. The van der Waals surface area contributed by atoms with Crippen LogP contribution >= 0.6 is 0 Å². The predicted molar refractivity (Wildman–Crippen MR) is 45.6 cm³/mol. The van der Waals surface area contributed by atoms with Crippen molar-refractivity contribution in [3.05, 3.63) is 39.9 Å². The Labute approximate surface area is 69.5 Å². The number of nitro groups is 1. The first-order valence-electron chi connectivity index (χ1n) is 3.41. The first-order valence-corrected chi connectivity index (χ1v) is 3.41. The molecule has 0 aliphatic rings. The second-order valence-corrected chi connectivity index (χ2v) is 2.43. The summed E-state index contributed by atoms with van der Waals surface area (Å²) in [4.78, 5) is 9.78. The zero-order chi connectivity index (χ0) is 9.14. The molecule has 0 saturated heterocycles. The summed E-state index contributed by atoms with van der Waals surface area (Å²) in [5, 5.41) is 17.5. The van der Waals surface area contributed by atoms with Crippen LogP contribution in [-0.2, 0) is 0 Å². The second kappa shape index (κ2) is 3.13. The summed E-state index contributed by atoms with van der Waals surface area (Å²) in [6.07, 6.45) is 0. The van der Waals surface area contributed by atoms with Gasteiger partial charge in [0.1, 0.15) is 0 Å². The lowest BCUT2D eigenvalue weighted by molar-refractivity contribution is -0.384.